The van der Waals surface area contributed by atoms with E-state index in [4.69, 9.17) is 9.84 Å². The van der Waals surface area contributed by atoms with Crippen LogP contribution < -0.4 is 9.80 Å². The molecule has 1 saturated heterocycles. The number of esters is 1. The number of nitrogens with zero attached hydrogens (tertiary/aromatic N) is 9. The Morgan fingerprint density at radius 2 is 1.81 bits per heavy atom. The zero-order valence-electron chi connectivity index (χ0n) is 27.4. The molecule has 0 N–H and O–H groups in total. The maximum Gasteiger partial charge on any atom is 0.341 e. The Morgan fingerprint density at radius 3 is 2.48 bits per heavy atom. The predicted molar refractivity (Wildman–Crippen MR) is 174 cm³/mol. The van der Waals surface area contributed by atoms with Crippen molar-refractivity contribution in [3.8, 4) is 11.1 Å². The quantitative estimate of drug-likeness (QED) is 0.261. The zero-order valence-corrected chi connectivity index (χ0v) is 27.4. The highest BCUT2D eigenvalue weighted by atomic mass is 19.3. The van der Waals surface area contributed by atoms with Crippen molar-refractivity contribution >= 4 is 29.3 Å². The molecule has 1 amide bonds. The number of anilines is 3. The largest absolute Gasteiger partial charge is 0.465 e. The molecule has 3 aliphatic heterocycles. The van der Waals surface area contributed by atoms with Gasteiger partial charge in [0.2, 0.25) is 11.9 Å². The molecule has 1 aromatic carbocycles. The first-order valence-corrected chi connectivity index (χ1v) is 16.4. The number of ether oxygens (including phenoxy) is 1. The lowest BCUT2D eigenvalue weighted by atomic mass is 9.92. The number of hydrogen-bond acceptors (Lipinski definition) is 9. The summed E-state index contributed by atoms with van der Waals surface area (Å²) >= 11 is 0. The molecule has 0 radical (unpaired) electrons. The molecule has 7 rings (SSSR count). The molecule has 0 saturated carbocycles. The minimum absolute atomic E-state index is 0.00806. The highest BCUT2D eigenvalue weighted by molar-refractivity contribution is 5.88. The summed E-state index contributed by atoms with van der Waals surface area (Å²) in [6, 6.07) is 3.53. The normalized spacial score (nSPS) is 16.7. The molecule has 4 aromatic rings. The van der Waals surface area contributed by atoms with E-state index in [1.807, 2.05) is 11.0 Å². The second-order valence-corrected chi connectivity index (χ2v) is 12.8. The molecular weight excluding hydrogens is 620 g/mol. The molecule has 3 aromatic heterocycles. The predicted octanol–water partition coefficient (Wildman–Crippen LogP) is 4.70. The monoisotopic (exact) mass is 659 g/mol. The molecule has 0 bridgehead atoms. The van der Waals surface area contributed by atoms with E-state index < -0.39 is 12.4 Å². The smallest absolute Gasteiger partial charge is 0.341 e. The van der Waals surface area contributed by atoms with Gasteiger partial charge in [0, 0.05) is 99.8 Å². The van der Waals surface area contributed by atoms with Crippen LogP contribution in [0.2, 0.25) is 0 Å². The van der Waals surface area contributed by atoms with Gasteiger partial charge in [-0.15, -0.1) is 0 Å². The number of hydrogen-bond donors (Lipinski definition) is 0. The topological polar surface area (TPSA) is 115 Å². The molecule has 1 fully saturated rings. The van der Waals surface area contributed by atoms with Gasteiger partial charge in [-0.3, -0.25) is 14.2 Å². The van der Waals surface area contributed by atoms with Crippen molar-refractivity contribution in [1.82, 2.24) is 34.4 Å². The molecule has 252 valence electrons. The summed E-state index contributed by atoms with van der Waals surface area (Å²) in [6.07, 6.45) is 7.85. The van der Waals surface area contributed by atoms with E-state index >= 15 is 0 Å². The van der Waals surface area contributed by atoms with Crippen LogP contribution in [0.5, 0.6) is 0 Å². The number of carbonyl (C=O) groups excluding carboxylic acids is 2. The lowest BCUT2D eigenvalue weighted by Gasteiger charge is -2.33. The van der Waals surface area contributed by atoms with Crippen molar-refractivity contribution < 1.29 is 23.1 Å². The number of fused-ring (bicyclic) bond motifs is 2. The van der Waals surface area contributed by atoms with Crippen LogP contribution in [0, 0.1) is 5.92 Å². The summed E-state index contributed by atoms with van der Waals surface area (Å²) in [5.41, 5.74) is 5.32. The molecule has 0 aliphatic carbocycles. The first kappa shape index (κ1) is 31.7. The third-order valence-electron chi connectivity index (χ3n) is 9.82. The summed E-state index contributed by atoms with van der Waals surface area (Å²) in [5.74, 6) is 1.24. The van der Waals surface area contributed by atoms with E-state index in [-0.39, 0.29) is 11.5 Å². The summed E-state index contributed by atoms with van der Waals surface area (Å²) in [5, 5.41) is 9.41. The van der Waals surface area contributed by atoms with Crippen LogP contribution in [-0.2, 0) is 42.5 Å². The summed E-state index contributed by atoms with van der Waals surface area (Å²) in [4.78, 5) is 39.1. The number of aryl methyl sites for hydroxylation is 2. The average molecular weight is 660 g/mol. The van der Waals surface area contributed by atoms with Crippen molar-refractivity contribution in [2.45, 2.75) is 58.5 Å². The molecule has 12 nitrogen and oxygen atoms in total. The SMILES string of the molecule is COC(=O)c1cnc(N2CCC(Cn3nc(N4CCCc5cc(-c6cnn(C)c6)c(C(F)F)cc54)c4c3CCN(C(C)=O)C4)CC2)nc1. The minimum Gasteiger partial charge on any atom is -0.465 e. The van der Waals surface area contributed by atoms with Gasteiger partial charge in [-0.05, 0) is 54.9 Å². The number of amides is 1. The number of rotatable bonds is 7. The number of benzene rings is 1. The van der Waals surface area contributed by atoms with Gasteiger partial charge >= 0.3 is 5.97 Å². The van der Waals surface area contributed by atoms with E-state index in [1.165, 1.54) is 19.5 Å². The van der Waals surface area contributed by atoms with Gasteiger partial charge in [0.05, 0.1) is 25.4 Å². The summed E-state index contributed by atoms with van der Waals surface area (Å²) in [6.45, 7) is 5.56. The molecule has 3 aliphatic rings. The third kappa shape index (κ3) is 5.99. The van der Waals surface area contributed by atoms with Gasteiger partial charge in [-0.2, -0.15) is 10.2 Å². The van der Waals surface area contributed by atoms with Gasteiger partial charge in [-0.1, -0.05) is 0 Å². The fourth-order valence-electron chi connectivity index (χ4n) is 7.24. The summed E-state index contributed by atoms with van der Waals surface area (Å²) in [7, 11) is 3.11. The maximum absolute atomic E-state index is 14.6. The first-order chi connectivity index (χ1) is 23.2. The van der Waals surface area contributed by atoms with E-state index in [2.05, 4.69) is 29.5 Å². The van der Waals surface area contributed by atoms with Gasteiger partial charge in [0.15, 0.2) is 5.82 Å². The Balaban J connectivity index is 1.17. The fraction of sp³-hybridized carbons (Fsp3) is 0.471. The highest BCUT2D eigenvalue weighted by Gasteiger charge is 2.33. The molecular formula is C34H39F2N9O3. The molecule has 0 atom stereocenters. The standard InChI is InChI=1S/C34H39F2N9O3/c1-21(46)43-12-8-29-28(20-43)32(40-45(29)18-22-6-10-42(11-7-22)34-37-15-24(16-38-34)33(47)48-3)44-9-4-5-23-13-26(25-17-39-41(2)19-25)27(31(35)36)14-30(23)44/h13-17,19,22,31H,4-12,18,20H2,1-3H3. The van der Waals surface area contributed by atoms with Crippen LogP contribution in [0.15, 0.2) is 36.9 Å². The van der Waals surface area contributed by atoms with E-state index in [1.54, 1.807) is 37.1 Å². The van der Waals surface area contributed by atoms with Crippen LogP contribution in [0.1, 0.15) is 65.4 Å². The zero-order chi connectivity index (χ0) is 33.5. The average Bonchev–Trinajstić information content (AvgIpc) is 3.70. The number of aromatic nitrogens is 6. The Bertz CT molecular complexity index is 1830. The molecule has 6 heterocycles. The maximum atomic E-state index is 14.6. The van der Waals surface area contributed by atoms with Crippen LogP contribution >= 0.6 is 0 Å². The van der Waals surface area contributed by atoms with Crippen molar-refractivity contribution in [3.05, 3.63) is 64.9 Å². The lowest BCUT2D eigenvalue weighted by molar-refractivity contribution is -0.129. The van der Waals surface area contributed by atoms with E-state index in [0.29, 0.717) is 54.6 Å². The number of methoxy groups -OCH3 is 1. The second kappa shape index (κ2) is 13.0. The fourth-order valence-corrected chi connectivity index (χ4v) is 7.24. The van der Waals surface area contributed by atoms with E-state index in [9.17, 15) is 18.4 Å². The molecule has 48 heavy (non-hydrogen) atoms. The highest BCUT2D eigenvalue weighted by Crippen LogP contribution is 2.43. The van der Waals surface area contributed by atoms with Crippen LogP contribution in [0.25, 0.3) is 11.1 Å². The van der Waals surface area contributed by atoms with Crippen molar-refractivity contribution in [2.75, 3.05) is 43.1 Å². The number of carbonyl (C=O) groups is 2. The lowest BCUT2D eigenvalue weighted by Crippen LogP contribution is -2.37. The Hall–Kier alpha value is -4.88. The van der Waals surface area contributed by atoms with Crippen LogP contribution in [-0.4, -0.2) is 79.6 Å². The van der Waals surface area contributed by atoms with Gasteiger partial charge in [0.25, 0.3) is 6.43 Å². The van der Waals surface area contributed by atoms with Crippen molar-refractivity contribution in [1.29, 1.82) is 0 Å². The number of alkyl halides is 2. The first-order valence-electron chi connectivity index (χ1n) is 16.4. The third-order valence-corrected chi connectivity index (χ3v) is 9.82. The van der Waals surface area contributed by atoms with Gasteiger partial charge in [0.1, 0.15) is 0 Å². The van der Waals surface area contributed by atoms with Crippen LogP contribution in [0.3, 0.4) is 0 Å². The Kier molecular flexibility index (Phi) is 8.56. The molecule has 14 heteroatoms. The second-order valence-electron chi connectivity index (χ2n) is 12.8. The van der Waals surface area contributed by atoms with E-state index in [0.717, 1.165) is 73.6 Å². The summed E-state index contributed by atoms with van der Waals surface area (Å²) < 4.78 is 37.6. The number of halogens is 2. The van der Waals surface area contributed by atoms with Gasteiger partial charge in [-0.25, -0.2) is 23.5 Å². The van der Waals surface area contributed by atoms with Crippen molar-refractivity contribution in [3.63, 3.8) is 0 Å². The molecule has 0 unspecified atom stereocenters. The van der Waals surface area contributed by atoms with Crippen LogP contribution in [0.4, 0.5) is 26.2 Å². The van der Waals surface area contributed by atoms with Gasteiger partial charge < -0.3 is 19.4 Å². The number of piperidine rings is 1. The van der Waals surface area contributed by atoms with Crippen molar-refractivity contribution in [2.24, 2.45) is 13.0 Å². The Labute approximate surface area is 277 Å². The molecule has 0 spiro atoms. The Morgan fingerprint density at radius 1 is 1.04 bits per heavy atom. The minimum atomic E-state index is -2.66.